The maximum atomic E-state index is 6.99. The molecule has 1 aliphatic carbocycles. The van der Waals surface area contributed by atoms with Crippen molar-refractivity contribution in [3.8, 4) is 11.1 Å². The van der Waals surface area contributed by atoms with Crippen molar-refractivity contribution in [3.05, 3.63) is 107 Å². The normalized spacial score (nSPS) is 20.8. The number of fused-ring (bicyclic) bond motifs is 8. The fourth-order valence-electron chi connectivity index (χ4n) is 9.93. The van der Waals surface area contributed by atoms with Gasteiger partial charge in [0, 0.05) is 50.1 Å². The van der Waals surface area contributed by atoms with Gasteiger partial charge in [0.1, 0.15) is 11.2 Å². The maximum Gasteiger partial charge on any atom is 0.198 e. The molecule has 2 unspecified atom stereocenters. The molecule has 4 heteroatoms. The molecule has 3 nitrogen and oxygen atoms in total. The topological polar surface area (TPSA) is 28.4 Å². The maximum absolute atomic E-state index is 6.99. The Morgan fingerprint density at radius 3 is 2.06 bits per heavy atom. The average molecular weight is 712 g/mol. The van der Waals surface area contributed by atoms with Gasteiger partial charge in [-0.3, -0.25) is 0 Å². The van der Waals surface area contributed by atoms with Crippen LogP contribution in [-0.4, -0.2) is 12.8 Å². The molecule has 1 fully saturated rings. The Morgan fingerprint density at radius 1 is 0.685 bits per heavy atom. The minimum Gasteiger partial charge on any atom is -0.455 e. The summed E-state index contributed by atoms with van der Waals surface area (Å²) in [6, 6.07) is 32.2. The standard InChI is InChI=1S/C50H56BN2O/c1-46(2,3)30-18-21-33(22-19-30)52-39-28-31(47(4,5)6)20-23-35(39)42-43-40(29-36-34-16-12-13-17-41(34)54-45(36)42)53-44-37(49(10)24-14-15-25-50(49,53)11)26-32(48(7,8)9)27-38(44)51-43/h12-13,16-23,26-29,52H,14-15,24-25H2,1-11H3. The SMILES string of the molecule is CC(C)(C)c1ccc(Nc2cc(C(C)(C)C)ccc2-c2c3c(cc4c2oc2ccccc24)N2c4c(cc(C(C)(C)C)cc4C4(C)CCCCC24C)[B]3)cc1. The molecule has 0 saturated heterocycles. The molecule has 2 aliphatic heterocycles. The van der Waals surface area contributed by atoms with Crippen molar-refractivity contribution >= 4 is 62.9 Å². The lowest BCUT2D eigenvalue weighted by Crippen LogP contribution is -2.57. The molecule has 1 radical (unpaired) electrons. The van der Waals surface area contributed by atoms with Gasteiger partial charge in [-0.1, -0.05) is 142 Å². The molecule has 9 rings (SSSR count). The molecule has 1 aromatic heterocycles. The van der Waals surface area contributed by atoms with E-state index in [0.29, 0.717) is 0 Å². The Morgan fingerprint density at radius 2 is 1.35 bits per heavy atom. The quantitative estimate of drug-likeness (QED) is 0.185. The molecule has 54 heavy (non-hydrogen) atoms. The number of nitrogens with zero attached hydrogens (tertiary/aromatic N) is 1. The van der Waals surface area contributed by atoms with Gasteiger partial charge in [-0.25, -0.2) is 0 Å². The monoisotopic (exact) mass is 711 g/mol. The van der Waals surface area contributed by atoms with Gasteiger partial charge in [0.15, 0.2) is 7.28 Å². The second-order valence-corrected chi connectivity index (χ2v) is 20.1. The van der Waals surface area contributed by atoms with E-state index in [1.54, 1.807) is 0 Å². The van der Waals surface area contributed by atoms with E-state index in [9.17, 15) is 0 Å². The van der Waals surface area contributed by atoms with Gasteiger partial charge >= 0.3 is 0 Å². The third kappa shape index (κ3) is 5.15. The van der Waals surface area contributed by atoms with E-state index in [0.717, 1.165) is 33.7 Å². The molecule has 6 aromatic rings. The molecule has 275 valence electrons. The van der Waals surface area contributed by atoms with Crippen LogP contribution in [-0.2, 0) is 21.7 Å². The van der Waals surface area contributed by atoms with Crippen molar-refractivity contribution in [2.45, 2.75) is 129 Å². The molecule has 0 amide bonds. The molecular weight excluding hydrogens is 655 g/mol. The van der Waals surface area contributed by atoms with Crippen molar-refractivity contribution < 1.29 is 4.42 Å². The predicted molar refractivity (Wildman–Crippen MR) is 233 cm³/mol. The number of hydrogen-bond acceptors (Lipinski definition) is 3. The Hall–Kier alpha value is -4.44. The van der Waals surface area contributed by atoms with Crippen LogP contribution in [0.3, 0.4) is 0 Å². The van der Waals surface area contributed by atoms with Crippen molar-refractivity contribution in [2.24, 2.45) is 0 Å². The first-order chi connectivity index (χ1) is 25.4. The van der Waals surface area contributed by atoms with Gasteiger partial charge < -0.3 is 14.6 Å². The number of para-hydroxylation sites is 1. The Kier molecular flexibility index (Phi) is 7.54. The second-order valence-electron chi connectivity index (χ2n) is 20.1. The van der Waals surface area contributed by atoms with Crippen LogP contribution in [0.2, 0.25) is 0 Å². The largest absolute Gasteiger partial charge is 0.455 e. The molecule has 0 spiro atoms. The molecular formula is C50H56BN2O. The number of benzene rings is 5. The predicted octanol–water partition coefficient (Wildman–Crippen LogP) is 12.6. The van der Waals surface area contributed by atoms with Crippen LogP contribution in [0.5, 0.6) is 0 Å². The molecule has 0 bridgehead atoms. The second kappa shape index (κ2) is 11.5. The number of hydrogen-bond donors (Lipinski definition) is 1. The van der Waals surface area contributed by atoms with E-state index in [4.69, 9.17) is 4.42 Å². The van der Waals surface area contributed by atoms with Gasteiger partial charge in [0.2, 0.25) is 0 Å². The van der Waals surface area contributed by atoms with Crippen molar-refractivity contribution in [3.63, 3.8) is 0 Å². The van der Waals surface area contributed by atoms with Crippen LogP contribution < -0.4 is 21.1 Å². The first-order valence-corrected chi connectivity index (χ1v) is 20.2. The fourth-order valence-corrected chi connectivity index (χ4v) is 9.93. The minimum atomic E-state index is -0.0572. The number of nitrogens with one attached hydrogen (secondary N) is 1. The highest BCUT2D eigenvalue weighted by Crippen LogP contribution is 2.62. The molecule has 1 N–H and O–H groups in total. The molecule has 3 aliphatic rings. The first-order valence-electron chi connectivity index (χ1n) is 20.2. The molecule has 5 aromatic carbocycles. The zero-order valence-electron chi connectivity index (χ0n) is 34.3. The first kappa shape index (κ1) is 35.3. The fraction of sp³-hybridized carbons (Fsp3) is 0.400. The lowest BCUT2D eigenvalue weighted by atomic mass is 9.57. The van der Waals surface area contributed by atoms with Crippen LogP contribution in [0.1, 0.15) is 124 Å². The van der Waals surface area contributed by atoms with Crippen LogP contribution in [0, 0.1) is 0 Å². The molecule has 1 saturated carbocycles. The zero-order chi connectivity index (χ0) is 38.2. The van der Waals surface area contributed by atoms with E-state index in [-0.39, 0.29) is 27.2 Å². The van der Waals surface area contributed by atoms with E-state index in [1.807, 2.05) is 0 Å². The number of rotatable bonds is 3. The molecule has 3 heterocycles. The Balaban J connectivity index is 1.35. The average Bonchev–Trinajstić information content (AvgIpc) is 3.57. The van der Waals surface area contributed by atoms with Crippen LogP contribution in [0.4, 0.5) is 22.7 Å². The van der Waals surface area contributed by atoms with Gasteiger partial charge in [0.25, 0.3) is 0 Å². The van der Waals surface area contributed by atoms with Crippen molar-refractivity contribution in [1.82, 2.24) is 0 Å². The van der Waals surface area contributed by atoms with Crippen molar-refractivity contribution in [2.75, 3.05) is 10.2 Å². The molecule has 2 atom stereocenters. The summed E-state index contributed by atoms with van der Waals surface area (Å²) in [6.07, 6.45) is 4.89. The van der Waals surface area contributed by atoms with E-state index >= 15 is 0 Å². The van der Waals surface area contributed by atoms with Crippen molar-refractivity contribution in [1.29, 1.82) is 0 Å². The lowest BCUT2D eigenvalue weighted by Gasteiger charge is -2.51. The third-order valence-electron chi connectivity index (χ3n) is 13.5. The van der Waals surface area contributed by atoms with Gasteiger partial charge in [-0.15, -0.1) is 0 Å². The minimum absolute atomic E-state index is 0.0176. The number of furan rings is 1. The Bertz CT molecular complexity index is 2480. The summed E-state index contributed by atoms with van der Waals surface area (Å²) in [5.74, 6) is 0. The summed E-state index contributed by atoms with van der Waals surface area (Å²) < 4.78 is 6.99. The van der Waals surface area contributed by atoms with Gasteiger partial charge in [0.05, 0.1) is 5.54 Å². The highest BCUT2D eigenvalue weighted by Gasteiger charge is 2.59. The summed E-state index contributed by atoms with van der Waals surface area (Å²) in [5.41, 5.74) is 17.3. The van der Waals surface area contributed by atoms with Crippen LogP contribution in [0.15, 0.2) is 89.3 Å². The van der Waals surface area contributed by atoms with E-state index in [2.05, 4.69) is 179 Å². The van der Waals surface area contributed by atoms with E-state index in [1.165, 1.54) is 81.0 Å². The summed E-state index contributed by atoms with van der Waals surface area (Å²) in [5, 5.41) is 6.29. The highest BCUT2D eigenvalue weighted by molar-refractivity contribution is 6.74. The van der Waals surface area contributed by atoms with Crippen LogP contribution in [0.25, 0.3) is 33.1 Å². The van der Waals surface area contributed by atoms with E-state index < -0.39 is 0 Å². The van der Waals surface area contributed by atoms with Crippen LogP contribution >= 0.6 is 0 Å². The van der Waals surface area contributed by atoms with Gasteiger partial charge in [-0.2, -0.15) is 0 Å². The smallest absolute Gasteiger partial charge is 0.198 e. The Labute approximate surface area is 323 Å². The third-order valence-corrected chi connectivity index (χ3v) is 13.5. The van der Waals surface area contributed by atoms with Gasteiger partial charge in [-0.05, 0) is 94.1 Å². The lowest BCUT2D eigenvalue weighted by molar-refractivity contribution is 0.195. The summed E-state index contributed by atoms with van der Waals surface area (Å²) in [4.78, 5) is 2.80. The zero-order valence-corrected chi connectivity index (χ0v) is 34.3. The highest BCUT2D eigenvalue weighted by atomic mass is 16.3. The summed E-state index contributed by atoms with van der Waals surface area (Å²) in [7, 11) is 2.51. The summed E-state index contributed by atoms with van der Waals surface area (Å²) >= 11 is 0. The number of anilines is 4. The summed E-state index contributed by atoms with van der Waals surface area (Å²) in [6.45, 7) is 25.9.